The van der Waals surface area contributed by atoms with Crippen LogP contribution in [-0.2, 0) is 6.18 Å². The lowest BCUT2D eigenvalue weighted by Crippen LogP contribution is -2.22. The Bertz CT molecular complexity index is 782. The lowest BCUT2D eigenvalue weighted by molar-refractivity contribution is -0.274. The number of para-hydroxylation sites is 2. The Morgan fingerprint density at radius 3 is 2.37 bits per heavy atom. The zero-order valence-electron chi connectivity index (χ0n) is 13.7. The number of nitrogens with one attached hydrogen (secondary N) is 2. The number of halogens is 6. The molecule has 0 aliphatic carbocycles. The number of aromatic nitrogens is 2. The van der Waals surface area contributed by atoms with Crippen LogP contribution < -0.4 is 15.4 Å². The molecule has 1 atom stereocenters. The van der Waals surface area contributed by atoms with Crippen molar-refractivity contribution in [3.8, 4) is 5.75 Å². The first-order chi connectivity index (χ1) is 12.5. The van der Waals surface area contributed by atoms with E-state index in [1.165, 1.54) is 25.1 Å². The van der Waals surface area contributed by atoms with E-state index in [2.05, 4.69) is 25.3 Å². The van der Waals surface area contributed by atoms with E-state index in [1.54, 1.807) is 0 Å². The highest BCUT2D eigenvalue weighted by Crippen LogP contribution is 2.34. The molecular formula is C15H14F6N4O2. The predicted molar refractivity (Wildman–Crippen MR) is 83.6 cm³/mol. The summed E-state index contributed by atoms with van der Waals surface area (Å²) in [6.07, 6.45) is -9.80. The van der Waals surface area contributed by atoms with Crippen LogP contribution in [-0.4, -0.2) is 34.1 Å². The number of aliphatic hydroxyl groups excluding tert-OH is 1. The standard InChI is InChI=1S/C15H14F6N4O2/c1-8(7-26)22-13-24-11(14(16,17)18)6-12(25-13)23-9-4-2-3-5-10(9)27-15(19,20)21/h2-6,8,26H,7H2,1H3,(H2,22,23,24,25)/t8-/m0/s1. The molecule has 0 spiro atoms. The highest BCUT2D eigenvalue weighted by Gasteiger charge is 2.34. The summed E-state index contributed by atoms with van der Waals surface area (Å²) in [7, 11) is 0. The second-order valence-corrected chi connectivity index (χ2v) is 5.36. The fourth-order valence-corrected chi connectivity index (χ4v) is 1.91. The van der Waals surface area contributed by atoms with Crippen molar-refractivity contribution in [3.05, 3.63) is 36.0 Å². The average molecular weight is 396 g/mol. The van der Waals surface area contributed by atoms with Gasteiger partial charge in [0.2, 0.25) is 5.95 Å². The highest BCUT2D eigenvalue weighted by molar-refractivity contribution is 5.65. The van der Waals surface area contributed by atoms with Crippen molar-refractivity contribution in [2.45, 2.75) is 25.5 Å². The van der Waals surface area contributed by atoms with Crippen LogP contribution in [0.3, 0.4) is 0 Å². The number of rotatable bonds is 6. The second-order valence-electron chi connectivity index (χ2n) is 5.36. The van der Waals surface area contributed by atoms with Crippen molar-refractivity contribution in [2.75, 3.05) is 17.2 Å². The minimum atomic E-state index is -4.98. The Kier molecular flexibility index (Phi) is 5.98. The van der Waals surface area contributed by atoms with Gasteiger partial charge < -0.3 is 20.5 Å². The second kappa shape index (κ2) is 7.86. The molecule has 2 aromatic rings. The Morgan fingerprint density at radius 1 is 1.11 bits per heavy atom. The van der Waals surface area contributed by atoms with Gasteiger partial charge in [-0.25, -0.2) is 4.98 Å². The van der Waals surface area contributed by atoms with Crippen LogP contribution in [0, 0.1) is 0 Å². The number of ether oxygens (including phenoxy) is 1. The first-order valence-corrected chi connectivity index (χ1v) is 7.43. The number of hydrogen-bond acceptors (Lipinski definition) is 6. The molecule has 0 aliphatic rings. The molecule has 1 heterocycles. The Hall–Kier alpha value is -2.76. The predicted octanol–water partition coefficient (Wildman–Crippen LogP) is 3.93. The van der Waals surface area contributed by atoms with Crippen LogP contribution in [0.25, 0.3) is 0 Å². The van der Waals surface area contributed by atoms with Crippen molar-refractivity contribution in [1.29, 1.82) is 0 Å². The number of anilines is 3. The van der Waals surface area contributed by atoms with E-state index in [4.69, 9.17) is 5.11 Å². The fourth-order valence-electron chi connectivity index (χ4n) is 1.91. The van der Waals surface area contributed by atoms with Crippen LogP contribution in [0.2, 0.25) is 0 Å². The number of aliphatic hydroxyl groups is 1. The molecule has 3 N–H and O–H groups in total. The van der Waals surface area contributed by atoms with Crippen LogP contribution in [0.4, 0.5) is 43.8 Å². The molecule has 0 bridgehead atoms. The number of nitrogens with zero attached hydrogens (tertiary/aromatic N) is 2. The van der Waals surface area contributed by atoms with Gasteiger partial charge in [-0.2, -0.15) is 18.2 Å². The molecule has 0 aliphatic heterocycles. The van der Waals surface area contributed by atoms with Gasteiger partial charge in [0.1, 0.15) is 5.82 Å². The minimum absolute atomic E-state index is 0.247. The molecule has 0 radical (unpaired) electrons. The quantitative estimate of drug-likeness (QED) is 0.643. The lowest BCUT2D eigenvalue weighted by atomic mass is 10.3. The zero-order valence-corrected chi connectivity index (χ0v) is 13.7. The summed E-state index contributed by atoms with van der Waals surface area (Å²) < 4.78 is 80.4. The van der Waals surface area contributed by atoms with Gasteiger partial charge in [0, 0.05) is 12.1 Å². The van der Waals surface area contributed by atoms with Crippen molar-refractivity contribution in [3.63, 3.8) is 0 Å². The molecule has 0 saturated carbocycles. The van der Waals surface area contributed by atoms with Crippen molar-refractivity contribution < 1.29 is 36.2 Å². The lowest BCUT2D eigenvalue weighted by Gasteiger charge is -2.17. The molecule has 0 saturated heterocycles. The highest BCUT2D eigenvalue weighted by atomic mass is 19.4. The van der Waals surface area contributed by atoms with E-state index in [0.717, 1.165) is 6.07 Å². The van der Waals surface area contributed by atoms with Crippen molar-refractivity contribution in [2.24, 2.45) is 0 Å². The maximum atomic E-state index is 13.0. The van der Waals surface area contributed by atoms with E-state index in [9.17, 15) is 26.3 Å². The van der Waals surface area contributed by atoms with Gasteiger partial charge >= 0.3 is 12.5 Å². The van der Waals surface area contributed by atoms with Crippen LogP contribution in [0.15, 0.2) is 30.3 Å². The molecule has 1 aromatic carbocycles. The summed E-state index contributed by atoms with van der Waals surface area (Å²) in [5.74, 6) is -1.51. The van der Waals surface area contributed by atoms with E-state index in [0.29, 0.717) is 6.07 Å². The topological polar surface area (TPSA) is 79.3 Å². The van der Waals surface area contributed by atoms with E-state index in [1.807, 2.05) is 0 Å². The normalized spacial score (nSPS) is 13.2. The summed E-state index contributed by atoms with van der Waals surface area (Å²) in [4.78, 5) is 7.09. The van der Waals surface area contributed by atoms with Crippen LogP contribution in [0.1, 0.15) is 12.6 Å². The zero-order chi connectivity index (χ0) is 20.2. The Morgan fingerprint density at radius 2 is 1.78 bits per heavy atom. The smallest absolute Gasteiger partial charge is 0.404 e. The molecule has 0 fully saturated rings. The molecule has 148 valence electrons. The van der Waals surface area contributed by atoms with Gasteiger partial charge in [-0.05, 0) is 19.1 Å². The number of alkyl halides is 6. The third kappa shape index (κ3) is 6.16. The number of benzene rings is 1. The molecule has 0 amide bonds. The van der Waals surface area contributed by atoms with E-state index >= 15 is 0 Å². The molecule has 2 rings (SSSR count). The van der Waals surface area contributed by atoms with Gasteiger partial charge in [0.25, 0.3) is 0 Å². The molecule has 0 unspecified atom stereocenters. The third-order valence-corrected chi connectivity index (χ3v) is 3.04. The van der Waals surface area contributed by atoms with Gasteiger partial charge in [-0.15, -0.1) is 13.2 Å². The number of hydrogen-bond donors (Lipinski definition) is 3. The maximum Gasteiger partial charge on any atom is 0.573 e. The van der Waals surface area contributed by atoms with Gasteiger partial charge in [-0.3, -0.25) is 0 Å². The molecule has 6 nitrogen and oxygen atoms in total. The Balaban J connectivity index is 2.39. The van der Waals surface area contributed by atoms with Crippen molar-refractivity contribution >= 4 is 17.5 Å². The summed E-state index contributed by atoms with van der Waals surface area (Å²) in [5.41, 5.74) is -1.57. The SMILES string of the molecule is C[C@@H](CO)Nc1nc(Nc2ccccc2OC(F)(F)F)cc(C(F)(F)F)n1. The summed E-state index contributed by atoms with van der Waals surface area (Å²) in [6.45, 7) is 1.08. The van der Waals surface area contributed by atoms with E-state index in [-0.39, 0.29) is 5.69 Å². The molecule has 12 heteroatoms. The largest absolute Gasteiger partial charge is 0.573 e. The molecule has 1 aromatic heterocycles. The molecular weight excluding hydrogens is 382 g/mol. The van der Waals surface area contributed by atoms with Crippen LogP contribution >= 0.6 is 0 Å². The summed E-state index contributed by atoms with van der Waals surface area (Å²) in [5, 5.41) is 13.8. The third-order valence-electron chi connectivity index (χ3n) is 3.04. The van der Waals surface area contributed by atoms with Gasteiger partial charge in [-0.1, -0.05) is 12.1 Å². The van der Waals surface area contributed by atoms with E-state index < -0.39 is 48.4 Å². The molecule has 27 heavy (non-hydrogen) atoms. The fraction of sp³-hybridized carbons (Fsp3) is 0.333. The average Bonchev–Trinajstić information content (AvgIpc) is 2.54. The first-order valence-electron chi connectivity index (χ1n) is 7.43. The first kappa shape index (κ1) is 20.6. The summed E-state index contributed by atoms with van der Waals surface area (Å²) >= 11 is 0. The van der Waals surface area contributed by atoms with Gasteiger partial charge in [0.15, 0.2) is 11.4 Å². The minimum Gasteiger partial charge on any atom is -0.404 e. The van der Waals surface area contributed by atoms with Crippen LogP contribution in [0.5, 0.6) is 5.75 Å². The summed E-state index contributed by atoms with van der Waals surface area (Å²) in [6, 6.07) is 4.70. The Labute approximate surface area is 149 Å². The van der Waals surface area contributed by atoms with Crippen molar-refractivity contribution in [1.82, 2.24) is 9.97 Å². The van der Waals surface area contributed by atoms with Gasteiger partial charge in [0.05, 0.1) is 12.3 Å². The monoisotopic (exact) mass is 396 g/mol. The maximum absolute atomic E-state index is 13.0.